The molecule has 3 N–H and O–H groups in total. The maximum absolute atomic E-state index is 12.2. The predicted octanol–water partition coefficient (Wildman–Crippen LogP) is 2.13. The van der Waals surface area contributed by atoms with Crippen molar-refractivity contribution in [1.82, 2.24) is 5.32 Å². The lowest BCUT2D eigenvalue weighted by Gasteiger charge is -2.16. The first kappa shape index (κ1) is 15.8. The van der Waals surface area contributed by atoms with E-state index >= 15 is 0 Å². The molecule has 2 rings (SSSR count). The highest BCUT2D eigenvalue weighted by molar-refractivity contribution is 5.97. The minimum absolute atomic E-state index is 0.298. The van der Waals surface area contributed by atoms with Crippen molar-refractivity contribution in [3.8, 4) is 0 Å². The van der Waals surface area contributed by atoms with Gasteiger partial charge in [-0.05, 0) is 42.7 Å². The fourth-order valence-corrected chi connectivity index (χ4v) is 2.22. The standard InChI is InChI=1S/C18H20N2O2/c1-12-8-9-14(10-13(12)2)11-16(17(19)21)20-18(22)15-6-4-3-5-7-15/h3-10,16H,11H2,1-2H3,(H2,19,21)(H,20,22)/t16-/m1/s1. The molecule has 4 heteroatoms. The SMILES string of the molecule is Cc1ccc(C[C@@H](NC(=O)c2ccccc2)C(N)=O)cc1C. The van der Waals surface area contributed by atoms with Crippen LogP contribution in [0.5, 0.6) is 0 Å². The Balaban J connectivity index is 2.12. The first-order valence-electron chi connectivity index (χ1n) is 7.18. The normalized spacial score (nSPS) is 11.7. The van der Waals surface area contributed by atoms with Gasteiger partial charge in [-0.15, -0.1) is 0 Å². The Bertz CT molecular complexity index is 681. The van der Waals surface area contributed by atoms with Crippen LogP contribution >= 0.6 is 0 Å². The summed E-state index contributed by atoms with van der Waals surface area (Å²) in [7, 11) is 0. The van der Waals surface area contributed by atoms with Gasteiger partial charge >= 0.3 is 0 Å². The van der Waals surface area contributed by atoms with Gasteiger partial charge < -0.3 is 11.1 Å². The Labute approximate surface area is 130 Å². The Morgan fingerprint density at radius 1 is 1.05 bits per heavy atom. The van der Waals surface area contributed by atoms with Crippen molar-refractivity contribution in [3.63, 3.8) is 0 Å². The highest BCUT2D eigenvalue weighted by Crippen LogP contribution is 2.12. The van der Waals surface area contributed by atoms with Crippen molar-refractivity contribution in [2.24, 2.45) is 5.73 Å². The number of primary amides is 1. The fourth-order valence-electron chi connectivity index (χ4n) is 2.22. The van der Waals surface area contributed by atoms with E-state index in [1.54, 1.807) is 24.3 Å². The van der Waals surface area contributed by atoms with Crippen LogP contribution in [-0.2, 0) is 11.2 Å². The second kappa shape index (κ2) is 6.89. The van der Waals surface area contributed by atoms with E-state index in [1.165, 1.54) is 5.56 Å². The average Bonchev–Trinajstić information content (AvgIpc) is 2.51. The molecule has 0 aliphatic heterocycles. The molecule has 0 bridgehead atoms. The molecular formula is C18H20N2O2. The molecule has 0 aliphatic carbocycles. The summed E-state index contributed by atoms with van der Waals surface area (Å²) in [6.07, 6.45) is 0.384. The summed E-state index contributed by atoms with van der Waals surface area (Å²) in [5, 5.41) is 2.70. The number of hydrogen-bond donors (Lipinski definition) is 2. The Kier molecular flexibility index (Phi) is 4.94. The first-order chi connectivity index (χ1) is 10.5. The van der Waals surface area contributed by atoms with Gasteiger partial charge in [0.05, 0.1) is 0 Å². The van der Waals surface area contributed by atoms with E-state index in [9.17, 15) is 9.59 Å². The Hall–Kier alpha value is -2.62. The molecule has 2 aromatic rings. The lowest BCUT2D eigenvalue weighted by atomic mass is 10.0. The molecule has 0 saturated carbocycles. The lowest BCUT2D eigenvalue weighted by Crippen LogP contribution is -2.45. The quantitative estimate of drug-likeness (QED) is 0.887. The zero-order valence-corrected chi connectivity index (χ0v) is 12.8. The fraction of sp³-hybridized carbons (Fsp3) is 0.222. The van der Waals surface area contributed by atoms with Crippen molar-refractivity contribution in [1.29, 1.82) is 0 Å². The smallest absolute Gasteiger partial charge is 0.251 e. The molecule has 0 saturated heterocycles. The van der Waals surface area contributed by atoms with E-state index in [0.29, 0.717) is 12.0 Å². The highest BCUT2D eigenvalue weighted by atomic mass is 16.2. The van der Waals surface area contributed by atoms with Gasteiger partial charge in [-0.1, -0.05) is 36.4 Å². The number of benzene rings is 2. The number of amides is 2. The van der Waals surface area contributed by atoms with Crippen molar-refractivity contribution in [2.75, 3.05) is 0 Å². The summed E-state index contributed by atoms with van der Waals surface area (Å²) >= 11 is 0. The van der Waals surface area contributed by atoms with Crippen molar-refractivity contribution >= 4 is 11.8 Å². The third-order valence-electron chi connectivity index (χ3n) is 3.70. The van der Waals surface area contributed by atoms with Crippen LogP contribution in [0.3, 0.4) is 0 Å². The van der Waals surface area contributed by atoms with Crippen LogP contribution in [0.1, 0.15) is 27.0 Å². The van der Waals surface area contributed by atoms with Gasteiger partial charge in [-0.2, -0.15) is 0 Å². The zero-order valence-electron chi connectivity index (χ0n) is 12.8. The van der Waals surface area contributed by atoms with Gasteiger partial charge in [-0.3, -0.25) is 9.59 Å². The molecule has 0 heterocycles. The van der Waals surface area contributed by atoms with E-state index in [-0.39, 0.29) is 5.91 Å². The molecule has 0 radical (unpaired) electrons. The summed E-state index contributed by atoms with van der Waals surface area (Å²) in [5.74, 6) is -0.837. The van der Waals surface area contributed by atoms with Crippen molar-refractivity contribution < 1.29 is 9.59 Å². The molecule has 0 fully saturated rings. The van der Waals surface area contributed by atoms with Crippen LogP contribution in [0.15, 0.2) is 48.5 Å². The summed E-state index contributed by atoms with van der Waals surface area (Å²) in [6, 6.07) is 14.0. The van der Waals surface area contributed by atoms with Crippen LogP contribution < -0.4 is 11.1 Å². The monoisotopic (exact) mass is 296 g/mol. The van der Waals surface area contributed by atoms with Crippen LogP contribution in [0.4, 0.5) is 0 Å². The second-order valence-corrected chi connectivity index (χ2v) is 5.42. The lowest BCUT2D eigenvalue weighted by molar-refractivity contribution is -0.119. The maximum Gasteiger partial charge on any atom is 0.251 e. The van der Waals surface area contributed by atoms with E-state index < -0.39 is 11.9 Å². The minimum atomic E-state index is -0.727. The molecule has 22 heavy (non-hydrogen) atoms. The zero-order chi connectivity index (χ0) is 16.1. The van der Waals surface area contributed by atoms with Crippen LogP contribution in [0, 0.1) is 13.8 Å². The molecule has 0 unspecified atom stereocenters. The third-order valence-corrected chi connectivity index (χ3v) is 3.70. The molecule has 4 nitrogen and oxygen atoms in total. The Morgan fingerprint density at radius 2 is 1.73 bits per heavy atom. The van der Waals surface area contributed by atoms with E-state index in [1.807, 2.05) is 38.1 Å². The van der Waals surface area contributed by atoms with Crippen LogP contribution in [-0.4, -0.2) is 17.9 Å². The number of nitrogens with two attached hydrogens (primary N) is 1. The van der Waals surface area contributed by atoms with E-state index in [2.05, 4.69) is 5.32 Å². The van der Waals surface area contributed by atoms with Gasteiger partial charge in [0.25, 0.3) is 5.91 Å². The van der Waals surface area contributed by atoms with Crippen molar-refractivity contribution in [3.05, 3.63) is 70.8 Å². The molecule has 0 spiro atoms. The van der Waals surface area contributed by atoms with Gasteiger partial charge in [0, 0.05) is 12.0 Å². The van der Waals surface area contributed by atoms with Gasteiger partial charge in [0.2, 0.25) is 5.91 Å². The topological polar surface area (TPSA) is 72.2 Å². The molecule has 114 valence electrons. The summed E-state index contributed by atoms with van der Waals surface area (Å²) in [6.45, 7) is 4.04. The number of rotatable bonds is 5. The maximum atomic E-state index is 12.2. The van der Waals surface area contributed by atoms with E-state index in [0.717, 1.165) is 11.1 Å². The van der Waals surface area contributed by atoms with Gasteiger partial charge in [0.15, 0.2) is 0 Å². The number of aryl methyl sites for hydroxylation is 2. The van der Waals surface area contributed by atoms with Crippen LogP contribution in [0.25, 0.3) is 0 Å². The Morgan fingerprint density at radius 3 is 2.32 bits per heavy atom. The van der Waals surface area contributed by atoms with Gasteiger partial charge in [-0.25, -0.2) is 0 Å². The summed E-state index contributed by atoms with van der Waals surface area (Å²) in [5.41, 5.74) is 9.24. The van der Waals surface area contributed by atoms with Gasteiger partial charge in [0.1, 0.15) is 6.04 Å². The molecule has 1 atom stereocenters. The molecule has 0 aliphatic rings. The third kappa shape index (κ3) is 3.95. The number of carbonyl (C=O) groups excluding carboxylic acids is 2. The number of hydrogen-bond acceptors (Lipinski definition) is 2. The predicted molar refractivity (Wildman–Crippen MR) is 86.5 cm³/mol. The molecule has 2 amide bonds. The summed E-state index contributed by atoms with van der Waals surface area (Å²) in [4.78, 5) is 23.8. The highest BCUT2D eigenvalue weighted by Gasteiger charge is 2.19. The number of nitrogens with one attached hydrogen (secondary N) is 1. The molecule has 0 aromatic heterocycles. The van der Waals surface area contributed by atoms with E-state index in [4.69, 9.17) is 5.73 Å². The first-order valence-corrected chi connectivity index (χ1v) is 7.18. The molecule has 2 aromatic carbocycles. The second-order valence-electron chi connectivity index (χ2n) is 5.42. The summed E-state index contributed by atoms with van der Waals surface area (Å²) < 4.78 is 0. The van der Waals surface area contributed by atoms with Crippen molar-refractivity contribution in [2.45, 2.75) is 26.3 Å². The largest absolute Gasteiger partial charge is 0.368 e. The number of carbonyl (C=O) groups is 2. The van der Waals surface area contributed by atoms with Crippen LogP contribution in [0.2, 0.25) is 0 Å². The average molecular weight is 296 g/mol. The minimum Gasteiger partial charge on any atom is -0.368 e. The molecular weight excluding hydrogens is 276 g/mol.